The van der Waals surface area contributed by atoms with E-state index in [4.69, 9.17) is 5.73 Å². The van der Waals surface area contributed by atoms with Crippen molar-refractivity contribution in [1.29, 1.82) is 0 Å². The molecule has 0 amide bonds. The van der Waals surface area contributed by atoms with Crippen LogP contribution in [0.5, 0.6) is 0 Å². The van der Waals surface area contributed by atoms with Crippen LogP contribution in [0, 0.1) is 5.92 Å². The fourth-order valence-corrected chi connectivity index (χ4v) is 1.05. The second-order valence-electron chi connectivity index (χ2n) is 3.69. The Morgan fingerprint density at radius 2 is 2.00 bits per heavy atom. The molecule has 1 heterocycles. The molecule has 4 nitrogen and oxygen atoms in total. The fraction of sp³-hybridized carbons (Fsp3) is 0.500. The van der Waals surface area contributed by atoms with Gasteiger partial charge in [0, 0.05) is 18.8 Å². The third-order valence-electron chi connectivity index (χ3n) is 1.94. The molecule has 1 rings (SSSR count). The monoisotopic (exact) mass is 193 g/mol. The van der Waals surface area contributed by atoms with Crippen molar-refractivity contribution in [2.45, 2.75) is 26.7 Å². The quantitative estimate of drug-likeness (QED) is 0.738. The molecule has 0 fully saturated rings. The summed E-state index contributed by atoms with van der Waals surface area (Å²) in [6.45, 7) is 4.18. The first-order valence-corrected chi connectivity index (χ1v) is 4.70. The van der Waals surface area contributed by atoms with Gasteiger partial charge in [0.25, 0.3) is 0 Å². The van der Waals surface area contributed by atoms with Gasteiger partial charge in [0.05, 0.1) is 5.56 Å². The van der Waals surface area contributed by atoms with E-state index in [1.165, 1.54) is 12.4 Å². The lowest BCUT2D eigenvalue weighted by Gasteiger charge is -2.03. The van der Waals surface area contributed by atoms with Crippen LogP contribution in [-0.4, -0.2) is 15.8 Å². The molecule has 0 bridgehead atoms. The predicted molar refractivity (Wildman–Crippen MR) is 54.8 cm³/mol. The van der Waals surface area contributed by atoms with E-state index in [0.29, 0.717) is 17.9 Å². The Hall–Kier alpha value is -1.45. The summed E-state index contributed by atoms with van der Waals surface area (Å²) in [6.07, 6.45) is 4.39. The van der Waals surface area contributed by atoms with Gasteiger partial charge in [-0.05, 0) is 12.3 Å². The number of rotatable bonds is 4. The highest BCUT2D eigenvalue weighted by molar-refractivity contribution is 5.95. The van der Waals surface area contributed by atoms with E-state index in [9.17, 15) is 4.79 Å². The first kappa shape index (κ1) is 10.6. The fourth-order valence-electron chi connectivity index (χ4n) is 1.05. The van der Waals surface area contributed by atoms with E-state index in [2.05, 4.69) is 23.8 Å². The lowest BCUT2D eigenvalue weighted by atomic mass is 10.0. The Morgan fingerprint density at radius 3 is 2.50 bits per heavy atom. The maximum absolute atomic E-state index is 11.5. The molecule has 0 radical (unpaired) electrons. The average Bonchev–Trinajstić information content (AvgIpc) is 2.15. The average molecular weight is 193 g/mol. The molecule has 14 heavy (non-hydrogen) atoms. The zero-order valence-electron chi connectivity index (χ0n) is 8.53. The molecule has 2 N–H and O–H groups in total. The molecule has 0 aliphatic heterocycles. The number of aromatic nitrogens is 2. The van der Waals surface area contributed by atoms with Crippen molar-refractivity contribution in [3.63, 3.8) is 0 Å². The molecule has 0 aromatic carbocycles. The second-order valence-corrected chi connectivity index (χ2v) is 3.69. The Kier molecular flexibility index (Phi) is 3.56. The van der Waals surface area contributed by atoms with Crippen LogP contribution in [0.3, 0.4) is 0 Å². The highest BCUT2D eigenvalue weighted by atomic mass is 16.1. The van der Waals surface area contributed by atoms with Crippen LogP contribution >= 0.6 is 0 Å². The molecule has 0 atom stereocenters. The Labute approximate surface area is 83.6 Å². The van der Waals surface area contributed by atoms with E-state index >= 15 is 0 Å². The van der Waals surface area contributed by atoms with Crippen molar-refractivity contribution in [2.75, 3.05) is 5.73 Å². The first-order valence-electron chi connectivity index (χ1n) is 4.70. The zero-order chi connectivity index (χ0) is 10.6. The van der Waals surface area contributed by atoms with Crippen molar-refractivity contribution in [2.24, 2.45) is 5.92 Å². The van der Waals surface area contributed by atoms with Gasteiger partial charge in [0.2, 0.25) is 5.95 Å². The third kappa shape index (κ3) is 3.12. The minimum absolute atomic E-state index is 0.0821. The standard InChI is InChI=1S/C10H15N3O/c1-7(2)3-4-9(14)8-5-12-10(11)13-6-8/h5-7H,3-4H2,1-2H3,(H2,11,12,13). The summed E-state index contributed by atoms with van der Waals surface area (Å²) >= 11 is 0. The lowest BCUT2D eigenvalue weighted by Crippen LogP contribution is -2.04. The number of carbonyl (C=O) groups excluding carboxylic acids is 1. The van der Waals surface area contributed by atoms with Gasteiger partial charge in [-0.15, -0.1) is 0 Å². The number of nitrogens with zero attached hydrogens (tertiary/aromatic N) is 2. The largest absolute Gasteiger partial charge is 0.368 e. The van der Waals surface area contributed by atoms with Crippen molar-refractivity contribution in [3.8, 4) is 0 Å². The number of nitrogens with two attached hydrogens (primary N) is 1. The Morgan fingerprint density at radius 1 is 1.43 bits per heavy atom. The van der Waals surface area contributed by atoms with Crippen LogP contribution in [0.2, 0.25) is 0 Å². The number of carbonyl (C=O) groups is 1. The van der Waals surface area contributed by atoms with Gasteiger partial charge in [0.15, 0.2) is 5.78 Å². The van der Waals surface area contributed by atoms with Crippen LogP contribution in [0.25, 0.3) is 0 Å². The van der Waals surface area contributed by atoms with Gasteiger partial charge in [-0.1, -0.05) is 13.8 Å². The minimum atomic E-state index is 0.0821. The molecule has 1 aromatic heterocycles. The van der Waals surface area contributed by atoms with Gasteiger partial charge >= 0.3 is 0 Å². The Balaban J connectivity index is 2.57. The molecule has 0 spiro atoms. The van der Waals surface area contributed by atoms with Crippen molar-refractivity contribution in [3.05, 3.63) is 18.0 Å². The van der Waals surface area contributed by atoms with E-state index < -0.39 is 0 Å². The molecular weight excluding hydrogens is 178 g/mol. The number of ketones is 1. The molecule has 4 heteroatoms. The predicted octanol–water partition coefficient (Wildman–Crippen LogP) is 1.68. The number of hydrogen-bond donors (Lipinski definition) is 1. The summed E-state index contributed by atoms with van der Waals surface area (Å²) in [5.74, 6) is 0.817. The highest BCUT2D eigenvalue weighted by Gasteiger charge is 2.07. The molecule has 0 saturated heterocycles. The van der Waals surface area contributed by atoms with Gasteiger partial charge in [-0.25, -0.2) is 9.97 Å². The SMILES string of the molecule is CC(C)CCC(=O)c1cnc(N)nc1. The van der Waals surface area contributed by atoms with Crippen molar-refractivity contribution >= 4 is 11.7 Å². The summed E-state index contributed by atoms with van der Waals surface area (Å²) < 4.78 is 0. The molecule has 0 saturated carbocycles. The number of nitrogen functional groups attached to an aromatic ring is 1. The molecule has 0 unspecified atom stereocenters. The number of hydrogen-bond acceptors (Lipinski definition) is 4. The molecule has 0 aliphatic carbocycles. The maximum Gasteiger partial charge on any atom is 0.219 e. The maximum atomic E-state index is 11.5. The molecular formula is C10H15N3O. The topological polar surface area (TPSA) is 68.9 Å². The second kappa shape index (κ2) is 4.69. The van der Waals surface area contributed by atoms with Crippen LogP contribution in [0.15, 0.2) is 12.4 Å². The normalized spacial score (nSPS) is 10.5. The van der Waals surface area contributed by atoms with Gasteiger partial charge in [-0.2, -0.15) is 0 Å². The summed E-state index contributed by atoms with van der Waals surface area (Å²) in [7, 11) is 0. The van der Waals surface area contributed by atoms with E-state index in [0.717, 1.165) is 6.42 Å². The van der Waals surface area contributed by atoms with Gasteiger partial charge < -0.3 is 5.73 Å². The highest BCUT2D eigenvalue weighted by Crippen LogP contribution is 2.08. The van der Waals surface area contributed by atoms with Crippen molar-refractivity contribution < 1.29 is 4.79 Å². The molecule has 0 aliphatic rings. The summed E-state index contributed by atoms with van der Waals surface area (Å²) in [6, 6.07) is 0. The summed E-state index contributed by atoms with van der Waals surface area (Å²) in [4.78, 5) is 19.1. The van der Waals surface area contributed by atoms with Crippen LogP contribution < -0.4 is 5.73 Å². The smallest absolute Gasteiger partial charge is 0.219 e. The van der Waals surface area contributed by atoms with Crippen LogP contribution in [-0.2, 0) is 0 Å². The summed E-state index contributed by atoms with van der Waals surface area (Å²) in [5.41, 5.74) is 5.86. The van der Waals surface area contributed by atoms with E-state index in [-0.39, 0.29) is 11.7 Å². The number of anilines is 1. The van der Waals surface area contributed by atoms with Gasteiger partial charge in [0.1, 0.15) is 0 Å². The van der Waals surface area contributed by atoms with E-state index in [1.54, 1.807) is 0 Å². The third-order valence-corrected chi connectivity index (χ3v) is 1.94. The zero-order valence-corrected chi connectivity index (χ0v) is 8.53. The van der Waals surface area contributed by atoms with Crippen molar-refractivity contribution in [1.82, 2.24) is 9.97 Å². The lowest BCUT2D eigenvalue weighted by molar-refractivity contribution is 0.0975. The Bertz CT molecular complexity index is 306. The summed E-state index contributed by atoms with van der Waals surface area (Å²) in [5, 5.41) is 0. The van der Waals surface area contributed by atoms with Crippen LogP contribution in [0.4, 0.5) is 5.95 Å². The van der Waals surface area contributed by atoms with Crippen LogP contribution in [0.1, 0.15) is 37.0 Å². The molecule has 1 aromatic rings. The number of Topliss-reactive ketones (excluding diaryl/α,β-unsaturated/α-hetero) is 1. The molecule has 76 valence electrons. The minimum Gasteiger partial charge on any atom is -0.368 e. The van der Waals surface area contributed by atoms with Gasteiger partial charge in [-0.3, -0.25) is 4.79 Å². The first-order chi connectivity index (χ1) is 6.59. The van der Waals surface area contributed by atoms with E-state index in [1.807, 2.05) is 0 Å².